The number of carbonyl (C=O) groups is 1. The maximum absolute atomic E-state index is 13.1. The van der Waals surface area contributed by atoms with Crippen LogP contribution in [-0.2, 0) is 11.3 Å². The molecule has 32 heavy (non-hydrogen) atoms. The zero-order valence-corrected chi connectivity index (χ0v) is 18.3. The third-order valence-corrected chi connectivity index (χ3v) is 6.04. The first-order valence-electron chi connectivity index (χ1n) is 11.2. The van der Waals surface area contributed by atoms with Gasteiger partial charge in [0.25, 0.3) is 5.91 Å². The number of nitrogens with zero attached hydrogens (tertiary/aromatic N) is 1. The number of fused-ring (bicyclic) bond motifs is 4. The summed E-state index contributed by atoms with van der Waals surface area (Å²) in [4.78, 5) is 13.1. The van der Waals surface area contributed by atoms with Gasteiger partial charge >= 0.3 is 0 Å². The molecule has 0 saturated carbocycles. The summed E-state index contributed by atoms with van der Waals surface area (Å²) in [6.07, 6.45) is 0.000360. The Labute approximate surface area is 187 Å². The number of benzene rings is 4. The molecule has 0 fully saturated rings. The Morgan fingerprint density at radius 2 is 1.56 bits per heavy atom. The van der Waals surface area contributed by atoms with Crippen molar-refractivity contribution < 1.29 is 9.53 Å². The molecule has 0 aliphatic carbocycles. The van der Waals surface area contributed by atoms with E-state index in [1.165, 1.54) is 16.4 Å². The van der Waals surface area contributed by atoms with Gasteiger partial charge in [0.15, 0.2) is 6.10 Å². The van der Waals surface area contributed by atoms with E-state index in [9.17, 15) is 4.79 Å². The lowest BCUT2D eigenvalue weighted by Crippen LogP contribution is -2.32. The molecule has 1 heterocycles. The van der Waals surface area contributed by atoms with Crippen LogP contribution in [0.15, 0.2) is 84.9 Å². The predicted molar refractivity (Wildman–Crippen MR) is 132 cm³/mol. The standard InChI is InChI=1S/C28H26N2O2/c1-3-26(32-27-15-9-11-19-10-5-6-12-21(19)27)28(31)29-20-16-17-25-23(18-20)22-13-7-8-14-24(22)30(25)4-2/h5-18,26H,3-4H2,1-2H3,(H,29,31)/t26-/m1/s1. The number of anilines is 1. The van der Waals surface area contributed by atoms with Crippen LogP contribution in [0, 0.1) is 0 Å². The van der Waals surface area contributed by atoms with Gasteiger partial charge < -0.3 is 14.6 Å². The molecule has 160 valence electrons. The SMILES string of the molecule is CC[C@@H](Oc1cccc2ccccc12)C(=O)Nc1ccc2c(c1)c1ccccc1n2CC. The molecule has 4 aromatic carbocycles. The van der Waals surface area contributed by atoms with Gasteiger partial charge in [-0.05, 0) is 49.1 Å². The minimum atomic E-state index is -0.575. The second-order valence-electron chi connectivity index (χ2n) is 7.97. The lowest BCUT2D eigenvalue weighted by Gasteiger charge is -2.18. The van der Waals surface area contributed by atoms with Gasteiger partial charge in [0.2, 0.25) is 0 Å². The van der Waals surface area contributed by atoms with Crippen molar-refractivity contribution in [2.75, 3.05) is 5.32 Å². The summed E-state index contributed by atoms with van der Waals surface area (Å²) in [5, 5.41) is 7.51. The Morgan fingerprint density at radius 3 is 2.38 bits per heavy atom. The highest BCUT2D eigenvalue weighted by molar-refractivity contribution is 6.10. The Balaban J connectivity index is 1.43. The lowest BCUT2D eigenvalue weighted by molar-refractivity contribution is -0.122. The van der Waals surface area contributed by atoms with Crippen molar-refractivity contribution in [2.24, 2.45) is 0 Å². The van der Waals surface area contributed by atoms with E-state index >= 15 is 0 Å². The largest absolute Gasteiger partial charge is 0.480 e. The van der Waals surface area contributed by atoms with Crippen molar-refractivity contribution in [2.45, 2.75) is 32.9 Å². The maximum atomic E-state index is 13.1. The molecule has 4 nitrogen and oxygen atoms in total. The number of hydrogen-bond acceptors (Lipinski definition) is 2. The number of para-hydroxylation sites is 1. The smallest absolute Gasteiger partial charge is 0.265 e. The van der Waals surface area contributed by atoms with E-state index in [1.807, 2.05) is 55.5 Å². The molecule has 0 spiro atoms. The van der Waals surface area contributed by atoms with Crippen LogP contribution >= 0.6 is 0 Å². The monoisotopic (exact) mass is 422 g/mol. The first-order chi connectivity index (χ1) is 15.7. The first kappa shape index (κ1) is 20.1. The van der Waals surface area contributed by atoms with Crippen LogP contribution in [0.3, 0.4) is 0 Å². The average molecular weight is 423 g/mol. The van der Waals surface area contributed by atoms with Gasteiger partial charge in [-0.2, -0.15) is 0 Å². The van der Waals surface area contributed by atoms with E-state index in [-0.39, 0.29) is 5.91 Å². The van der Waals surface area contributed by atoms with Crippen LogP contribution in [0.5, 0.6) is 5.75 Å². The highest BCUT2D eigenvalue weighted by Gasteiger charge is 2.20. The molecule has 0 aliphatic rings. The first-order valence-corrected chi connectivity index (χ1v) is 11.2. The number of ether oxygens (including phenoxy) is 1. The van der Waals surface area contributed by atoms with E-state index in [4.69, 9.17) is 4.74 Å². The quantitative estimate of drug-likeness (QED) is 0.328. The van der Waals surface area contributed by atoms with Crippen molar-refractivity contribution in [3.8, 4) is 5.75 Å². The minimum absolute atomic E-state index is 0.140. The van der Waals surface area contributed by atoms with Crippen LogP contribution < -0.4 is 10.1 Å². The van der Waals surface area contributed by atoms with Gasteiger partial charge in [-0.1, -0.05) is 61.5 Å². The number of amides is 1. The van der Waals surface area contributed by atoms with Gasteiger partial charge in [-0.25, -0.2) is 0 Å². The molecule has 1 aromatic heterocycles. The summed E-state index contributed by atoms with van der Waals surface area (Å²) in [6, 6.07) is 28.5. The fourth-order valence-corrected chi connectivity index (χ4v) is 4.47. The molecular formula is C28H26N2O2. The van der Waals surface area contributed by atoms with E-state index in [0.29, 0.717) is 6.42 Å². The normalized spacial score (nSPS) is 12.3. The van der Waals surface area contributed by atoms with Crippen LogP contribution in [0.1, 0.15) is 20.3 Å². The van der Waals surface area contributed by atoms with Gasteiger partial charge in [-0.15, -0.1) is 0 Å². The van der Waals surface area contributed by atoms with Crippen molar-refractivity contribution in [1.82, 2.24) is 4.57 Å². The molecule has 5 rings (SSSR count). The fraction of sp³-hybridized carbons (Fsp3) is 0.179. The van der Waals surface area contributed by atoms with Crippen molar-refractivity contribution in [3.05, 3.63) is 84.9 Å². The highest BCUT2D eigenvalue weighted by Crippen LogP contribution is 2.31. The van der Waals surface area contributed by atoms with Crippen LogP contribution in [0.25, 0.3) is 32.6 Å². The topological polar surface area (TPSA) is 43.3 Å². The fourth-order valence-electron chi connectivity index (χ4n) is 4.47. The Morgan fingerprint density at radius 1 is 0.844 bits per heavy atom. The predicted octanol–water partition coefficient (Wildman–Crippen LogP) is 6.76. The van der Waals surface area contributed by atoms with E-state index in [1.54, 1.807) is 0 Å². The number of carbonyl (C=O) groups excluding carboxylic acids is 1. The second kappa shape index (κ2) is 8.39. The molecule has 0 bridgehead atoms. The maximum Gasteiger partial charge on any atom is 0.265 e. The van der Waals surface area contributed by atoms with Crippen LogP contribution in [-0.4, -0.2) is 16.6 Å². The summed E-state index contributed by atoms with van der Waals surface area (Å²) < 4.78 is 8.47. The number of nitrogens with one attached hydrogen (secondary N) is 1. The van der Waals surface area contributed by atoms with E-state index in [2.05, 4.69) is 53.2 Å². The van der Waals surface area contributed by atoms with E-state index in [0.717, 1.165) is 34.1 Å². The molecule has 4 heteroatoms. The van der Waals surface area contributed by atoms with Gasteiger partial charge in [0, 0.05) is 39.4 Å². The molecule has 0 aliphatic heterocycles. The van der Waals surface area contributed by atoms with Crippen molar-refractivity contribution in [1.29, 1.82) is 0 Å². The minimum Gasteiger partial charge on any atom is -0.480 e. The number of aryl methyl sites for hydroxylation is 1. The Bertz CT molecular complexity index is 1430. The third-order valence-electron chi connectivity index (χ3n) is 6.04. The summed E-state index contributed by atoms with van der Waals surface area (Å²) >= 11 is 0. The van der Waals surface area contributed by atoms with Crippen LogP contribution in [0.4, 0.5) is 5.69 Å². The van der Waals surface area contributed by atoms with Gasteiger partial charge in [0.1, 0.15) is 5.75 Å². The number of aromatic nitrogens is 1. The average Bonchev–Trinajstić information content (AvgIpc) is 3.15. The summed E-state index contributed by atoms with van der Waals surface area (Å²) in [5.74, 6) is 0.589. The number of hydrogen-bond donors (Lipinski definition) is 1. The molecular weight excluding hydrogens is 396 g/mol. The molecule has 0 unspecified atom stereocenters. The Hall–Kier alpha value is -3.79. The van der Waals surface area contributed by atoms with E-state index < -0.39 is 6.10 Å². The highest BCUT2D eigenvalue weighted by atomic mass is 16.5. The van der Waals surface area contributed by atoms with Crippen LogP contribution in [0.2, 0.25) is 0 Å². The number of rotatable bonds is 6. The molecule has 0 saturated heterocycles. The lowest BCUT2D eigenvalue weighted by atomic mass is 10.1. The molecule has 1 amide bonds. The summed E-state index contributed by atoms with van der Waals surface area (Å²) in [5.41, 5.74) is 3.16. The van der Waals surface area contributed by atoms with Gasteiger partial charge in [-0.3, -0.25) is 4.79 Å². The zero-order valence-electron chi connectivity index (χ0n) is 18.3. The second-order valence-corrected chi connectivity index (χ2v) is 7.97. The third kappa shape index (κ3) is 3.48. The molecule has 1 N–H and O–H groups in total. The Kier molecular flexibility index (Phi) is 5.28. The van der Waals surface area contributed by atoms with Crippen molar-refractivity contribution in [3.63, 3.8) is 0 Å². The molecule has 1 atom stereocenters. The molecule has 0 radical (unpaired) electrons. The van der Waals surface area contributed by atoms with Crippen molar-refractivity contribution >= 4 is 44.2 Å². The zero-order chi connectivity index (χ0) is 22.1. The summed E-state index contributed by atoms with van der Waals surface area (Å²) in [7, 11) is 0. The summed E-state index contributed by atoms with van der Waals surface area (Å²) in [6.45, 7) is 5.01. The van der Waals surface area contributed by atoms with Gasteiger partial charge in [0.05, 0.1) is 0 Å². The molecule has 5 aromatic rings.